The van der Waals surface area contributed by atoms with E-state index < -0.39 is 23.9 Å². The van der Waals surface area contributed by atoms with Gasteiger partial charge >= 0.3 is 12.0 Å². The minimum absolute atomic E-state index is 0.0516. The molecule has 3 aromatic carbocycles. The minimum Gasteiger partial charge on any atom is -0.457 e. The number of nitrogens with one attached hydrogen (secondary N) is 2. The van der Waals surface area contributed by atoms with Gasteiger partial charge in [0.25, 0.3) is 0 Å². The predicted octanol–water partition coefficient (Wildman–Crippen LogP) is 3.99. The van der Waals surface area contributed by atoms with Crippen LogP contribution in [0.1, 0.15) is 34.7 Å². The van der Waals surface area contributed by atoms with Crippen LogP contribution in [0.4, 0.5) is 14.9 Å². The third-order valence-corrected chi connectivity index (χ3v) is 6.28. The van der Waals surface area contributed by atoms with E-state index in [4.69, 9.17) is 25.2 Å². The predicted molar refractivity (Wildman–Crippen MR) is 134 cm³/mol. The monoisotopic (exact) mass is 514 g/mol. The average Bonchev–Trinajstić information content (AvgIpc) is 3.40. The Labute approximate surface area is 217 Å². The van der Waals surface area contributed by atoms with Crippen molar-refractivity contribution in [3.63, 3.8) is 0 Å². The molecule has 192 valence electrons. The van der Waals surface area contributed by atoms with Gasteiger partial charge in [0.05, 0.1) is 28.9 Å². The van der Waals surface area contributed by atoms with Gasteiger partial charge in [0, 0.05) is 5.70 Å². The molecule has 2 heterocycles. The third-order valence-electron chi connectivity index (χ3n) is 6.28. The van der Waals surface area contributed by atoms with E-state index in [1.54, 1.807) is 24.3 Å². The fraction of sp³-hybridized carbons (Fsp3) is 0.179. The van der Waals surface area contributed by atoms with Crippen molar-refractivity contribution in [2.75, 3.05) is 12.5 Å². The molecule has 2 aliphatic rings. The van der Waals surface area contributed by atoms with E-state index in [-0.39, 0.29) is 24.7 Å². The van der Waals surface area contributed by atoms with Crippen molar-refractivity contribution in [1.29, 1.82) is 5.26 Å². The summed E-state index contributed by atoms with van der Waals surface area (Å²) in [7, 11) is 0. The van der Waals surface area contributed by atoms with E-state index >= 15 is 0 Å². The van der Waals surface area contributed by atoms with Crippen molar-refractivity contribution >= 4 is 17.7 Å². The SMILES string of the molecule is N#Cc1ccc(C2NC(=O)NC(CCc3ccc4c(c3)OCO4)=C2C(=O)OCc2ccc(F)c(N)c2)cc1. The molecule has 9 nitrogen and oxygen atoms in total. The van der Waals surface area contributed by atoms with Crippen LogP contribution in [-0.4, -0.2) is 18.8 Å². The smallest absolute Gasteiger partial charge is 0.338 e. The highest BCUT2D eigenvalue weighted by atomic mass is 19.1. The second-order valence-electron chi connectivity index (χ2n) is 8.78. The number of hydrogen-bond donors (Lipinski definition) is 3. The van der Waals surface area contributed by atoms with Crippen LogP contribution in [-0.2, 0) is 22.6 Å². The maximum absolute atomic E-state index is 13.5. The van der Waals surface area contributed by atoms with Crippen LogP contribution in [0.3, 0.4) is 0 Å². The Morgan fingerprint density at radius 2 is 1.82 bits per heavy atom. The van der Waals surface area contributed by atoms with E-state index in [1.165, 1.54) is 18.2 Å². The maximum atomic E-state index is 13.5. The Morgan fingerprint density at radius 3 is 2.58 bits per heavy atom. The van der Waals surface area contributed by atoms with Crippen molar-refractivity contribution in [2.24, 2.45) is 0 Å². The summed E-state index contributed by atoms with van der Waals surface area (Å²) in [5.74, 6) is 0.0818. The van der Waals surface area contributed by atoms with Crippen LogP contribution in [0.5, 0.6) is 11.5 Å². The number of halogens is 1. The summed E-state index contributed by atoms with van der Waals surface area (Å²) < 4.78 is 29.9. The summed E-state index contributed by atoms with van der Waals surface area (Å²) in [4.78, 5) is 26.1. The molecule has 0 saturated heterocycles. The van der Waals surface area contributed by atoms with E-state index in [0.717, 1.165) is 5.56 Å². The van der Waals surface area contributed by atoms with Crippen LogP contribution >= 0.6 is 0 Å². The number of nitrogens with two attached hydrogens (primary N) is 1. The second-order valence-corrected chi connectivity index (χ2v) is 8.78. The van der Waals surface area contributed by atoms with Crippen LogP contribution in [0.15, 0.2) is 71.9 Å². The van der Waals surface area contributed by atoms with E-state index in [0.29, 0.717) is 46.7 Å². The van der Waals surface area contributed by atoms with E-state index in [1.807, 2.05) is 18.2 Å². The summed E-state index contributed by atoms with van der Waals surface area (Å²) in [6.07, 6.45) is 0.825. The van der Waals surface area contributed by atoms with Crippen LogP contribution in [0.2, 0.25) is 0 Å². The van der Waals surface area contributed by atoms with Gasteiger partial charge in [-0.3, -0.25) is 0 Å². The fourth-order valence-electron chi connectivity index (χ4n) is 4.33. The van der Waals surface area contributed by atoms with Crippen LogP contribution in [0, 0.1) is 17.1 Å². The molecular formula is C28H23FN4O5. The zero-order valence-electron chi connectivity index (χ0n) is 20.1. The molecule has 0 aromatic heterocycles. The third kappa shape index (κ3) is 5.22. The first-order valence-electron chi connectivity index (χ1n) is 11.8. The van der Waals surface area contributed by atoms with Crippen molar-refractivity contribution in [3.05, 3.63) is 100 Å². The van der Waals surface area contributed by atoms with Gasteiger partial charge in [0.15, 0.2) is 11.5 Å². The number of carbonyl (C=O) groups is 2. The number of benzene rings is 3. The molecule has 2 aliphatic heterocycles. The van der Waals surface area contributed by atoms with Crippen LogP contribution in [0.25, 0.3) is 0 Å². The Morgan fingerprint density at radius 1 is 1.05 bits per heavy atom. The lowest BCUT2D eigenvalue weighted by atomic mass is 9.92. The first-order chi connectivity index (χ1) is 18.4. The van der Waals surface area contributed by atoms with Gasteiger partial charge in [-0.15, -0.1) is 0 Å². The summed E-state index contributed by atoms with van der Waals surface area (Å²) in [5.41, 5.74) is 8.72. The molecule has 10 heteroatoms. The largest absolute Gasteiger partial charge is 0.457 e. The minimum atomic E-state index is -0.811. The molecule has 3 aromatic rings. The molecular weight excluding hydrogens is 491 g/mol. The highest BCUT2D eigenvalue weighted by Crippen LogP contribution is 2.34. The molecule has 0 spiro atoms. The summed E-state index contributed by atoms with van der Waals surface area (Å²) in [5, 5.41) is 14.7. The van der Waals surface area contributed by atoms with Gasteiger partial charge in [0.1, 0.15) is 12.4 Å². The van der Waals surface area contributed by atoms with Crippen molar-refractivity contribution < 1.29 is 28.2 Å². The fourth-order valence-corrected chi connectivity index (χ4v) is 4.33. The normalized spacial score (nSPS) is 15.9. The molecule has 0 aliphatic carbocycles. The molecule has 5 rings (SSSR count). The molecule has 1 atom stereocenters. The Balaban J connectivity index is 1.44. The number of amides is 2. The highest BCUT2D eigenvalue weighted by Gasteiger charge is 2.33. The highest BCUT2D eigenvalue weighted by molar-refractivity contribution is 5.95. The lowest BCUT2D eigenvalue weighted by molar-refractivity contribution is -0.140. The number of nitrogens with zero attached hydrogens (tertiary/aromatic N) is 1. The number of carbonyl (C=O) groups excluding carboxylic acids is 2. The summed E-state index contributed by atoms with van der Waals surface area (Å²) in [6, 6.07) is 17.0. The molecule has 0 saturated carbocycles. The number of esters is 1. The van der Waals surface area contributed by atoms with Crippen molar-refractivity contribution in [3.8, 4) is 17.6 Å². The van der Waals surface area contributed by atoms with Gasteiger partial charge in [-0.05, 0) is 65.9 Å². The Kier molecular flexibility index (Phi) is 6.82. The number of aryl methyl sites for hydroxylation is 1. The average molecular weight is 515 g/mol. The van der Waals surface area contributed by atoms with Crippen molar-refractivity contribution in [2.45, 2.75) is 25.5 Å². The summed E-state index contributed by atoms with van der Waals surface area (Å²) >= 11 is 0. The summed E-state index contributed by atoms with van der Waals surface area (Å²) in [6.45, 7) is 0.0178. The number of rotatable bonds is 7. The lowest BCUT2D eigenvalue weighted by Crippen LogP contribution is -2.46. The number of urea groups is 1. The number of nitriles is 1. The zero-order chi connectivity index (χ0) is 26.6. The number of nitrogen functional groups attached to an aromatic ring is 1. The zero-order valence-corrected chi connectivity index (χ0v) is 20.1. The van der Waals surface area contributed by atoms with Gasteiger partial charge in [0.2, 0.25) is 6.79 Å². The number of fused-ring (bicyclic) bond motifs is 1. The van der Waals surface area contributed by atoms with E-state index in [2.05, 4.69) is 16.7 Å². The number of hydrogen-bond acceptors (Lipinski definition) is 7. The van der Waals surface area contributed by atoms with Crippen molar-refractivity contribution in [1.82, 2.24) is 10.6 Å². The second kappa shape index (κ2) is 10.5. The van der Waals surface area contributed by atoms with E-state index in [9.17, 15) is 14.0 Å². The molecule has 38 heavy (non-hydrogen) atoms. The lowest BCUT2D eigenvalue weighted by Gasteiger charge is -2.29. The number of anilines is 1. The molecule has 0 fully saturated rings. The Bertz CT molecular complexity index is 1480. The standard InChI is InChI=1S/C28H23FN4O5/c29-20-8-3-18(11-21(20)31)14-36-27(34)25-22(9-4-16-5-10-23-24(12-16)38-15-37-23)32-28(35)33-26(25)19-6-1-17(13-30)2-7-19/h1-3,5-8,10-12,26H,4,9,14-15,31H2,(H2,32,33,35). The first-order valence-corrected chi connectivity index (χ1v) is 11.8. The molecule has 0 radical (unpaired) electrons. The first kappa shape index (κ1) is 24.6. The quantitative estimate of drug-likeness (QED) is 0.320. The molecule has 1 unspecified atom stereocenters. The number of allylic oxidation sites excluding steroid dienone is 1. The van der Waals surface area contributed by atoms with Gasteiger partial charge < -0.3 is 30.6 Å². The number of ether oxygens (including phenoxy) is 3. The van der Waals surface area contributed by atoms with Gasteiger partial charge in [-0.1, -0.05) is 24.3 Å². The van der Waals surface area contributed by atoms with Crippen LogP contribution < -0.4 is 25.8 Å². The van der Waals surface area contributed by atoms with Gasteiger partial charge in [-0.25, -0.2) is 14.0 Å². The van der Waals surface area contributed by atoms with Gasteiger partial charge in [-0.2, -0.15) is 5.26 Å². The topological polar surface area (TPSA) is 136 Å². The molecule has 4 N–H and O–H groups in total. The molecule has 0 bridgehead atoms. The maximum Gasteiger partial charge on any atom is 0.338 e. The molecule has 2 amide bonds. The Hall–Kier alpha value is -5.04.